The van der Waals surface area contributed by atoms with Crippen LogP contribution in [0.2, 0.25) is 0 Å². The molecule has 1 aromatic heterocycles. The molecule has 0 amide bonds. The van der Waals surface area contributed by atoms with Gasteiger partial charge in [-0.2, -0.15) is 0 Å². The van der Waals surface area contributed by atoms with Crippen molar-refractivity contribution >= 4 is 17.3 Å². The van der Waals surface area contributed by atoms with E-state index in [1.54, 1.807) is 7.11 Å². The summed E-state index contributed by atoms with van der Waals surface area (Å²) >= 11 is 0. The van der Waals surface area contributed by atoms with Gasteiger partial charge in [0.2, 0.25) is 0 Å². The minimum absolute atomic E-state index is 0.693. The summed E-state index contributed by atoms with van der Waals surface area (Å²) < 4.78 is 11.0. The summed E-state index contributed by atoms with van der Waals surface area (Å²) in [6.45, 7) is 5.11. The van der Waals surface area contributed by atoms with Crippen molar-refractivity contribution in [2.75, 3.05) is 43.6 Å². The van der Waals surface area contributed by atoms with Crippen molar-refractivity contribution in [2.45, 2.75) is 6.92 Å². The maximum absolute atomic E-state index is 5.50. The van der Waals surface area contributed by atoms with Gasteiger partial charge in [0.05, 0.1) is 26.0 Å². The number of rotatable bonds is 5. The highest BCUT2D eigenvalue weighted by atomic mass is 16.5. The van der Waals surface area contributed by atoms with Crippen molar-refractivity contribution in [3.8, 4) is 17.1 Å². The van der Waals surface area contributed by atoms with E-state index in [4.69, 9.17) is 19.4 Å². The van der Waals surface area contributed by atoms with Gasteiger partial charge in [-0.25, -0.2) is 9.97 Å². The van der Waals surface area contributed by atoms with Gasteiger partial charge in [-0.3, -0.25) is 0 Å². The molecule has 6 nitrogen and oxygen atoms in total. The first-order valence-electron chi connectivity index (χ1n) is 9.42. The number of nitrogens with zero attached hydrogens (tertiary/aromatic N) is 3. The highest BCUT2D eigenvalue weighted by molar-refractivity contribution is 5.69. The quantitative estimate of drug-likeness (QED) is 0.725. The lowest BCUT2D eigenvalue weighted by Crippen LogP contribution is -2.36. The van der Waals surface area contributed by atoms with E-state index >= 15 is 0 Å². The third kappa shape index (κ3) is 4.07. The van der Waals surface area contributed by atoms with Gasteiger partial charge in [-0.1, -0.05) is 36.4 Å². The van der Waals surface area contributed by atoms with Crippen molar-refractivity contribution in [3.63, 3.8) is 0 Å². The van der Waals surface area contributed by atoms with Crippen LogP contribution in [0.1, 0.15) is 5.56 Å². The maximum atomic E-state index is 5.50. The molecule has 4 rings (SSSR count). The molecule has 0 radical (unpaired) electrons. The molecule has 0 aliphatic carbocycles. The molecule has 0 spiro atoms. The molecule has 1 fully saturated rings. The van der Waals surface area contributed by atoms with Gasteiger partial charge >= 0.3 is 0 Å². The molecule has 2 aromatic carbocycles. The van der Waals surface area contributed by atoms with E-state index in [1.165, 1.54) is 0 Å². The van der Waals surface area contributed by atoms with Gasteiger partial charge in [0, 0.05) is 24.7 Å². The number of anilines is 3. The SMILES string of the molecule is COc1ccc(C)cc1Nc1cc(N2CCOCC2)nc(-c2ccccc2)n1. The van der Waals surface area contributed by atoms with E-state index in [9.17, 15) is 0 Å². The molecule has 2 heterocycles. The topological polar surface area (TPSA) is 59.5 Å². The molecule has 0 bridgehead atoms. The Kier molecular flexibility index (Phi) is 5.39. The molecule has 6 heteroatoms. The minimum atomic E-state index is 0.693. The number of hydrogen-bond donors (Lipinski definition) is 1. The summed E-state index contributed by atoms with van der Waals surface area (Å²) in [5, 5.41) is 3.42. The molecule has 28 heavy (non-hydrogen) atoms. The Labute approximate surface area is 165 Å². The molecule has 144 valence electrons. The molecule has 3 aromatic rings. The van der Waals surface area contributed by atoms with E-state index in [-0.39, 0.29) is 0 Å². The van der Waals surface area contributed by atoms with Gasteiger partial charge in [0.1, 0.15) is 17.4 Å². The second kappa shape index (κ2) is 8.27. The lowest BCUT2D eigenvalue weighted by molar-refractivity contribution is 0.122. The zero-order valence-corrected chi connectivity index (χ0v) is 16.2. The van der Waals surface area contributed by atoms with Crippen LogP contribution in [-0.2, 0) is 4.74 Å². The Morgan fingerprint density at radius 3 is 2.54 bits per heavy atom. The first-order valence-corrected chi connectivity index (χ1v) is 9.42. The summed E-state index contributed by atoms with van der Waals surface area (Å²) in [6.07, 6.45) is 0. The average Bonchev–Trinajstić information content (AvgIpc) is 2.75. The van der Waals surface area contributed by atoms with Crippen molar-refractivity contribution in [2.24, 2.45) is 0 Å². The number of benzene rings is 2. The van der Waals surface area contributed by atoms with E-state index in [0.717, 1.165) is 47.3 Å². The van der Waals surface area contributed by atoms with Crippen molar-refractivity contribution in [1.29, 1.82) is 0 Å². The van der Waals surface area contributed by atoms with Gasteiger partial charge in [-0.15, -0.1) is 0 Å². The minimum Gasteiger partial charge on any atom is -0.495 e. The average molecular weight is 376 g/mol. The fourth-order valence-corrected chi connectivity index (χ4v) is 3.23. The molecule has 0 atom stereocenters. The summed E-state index contributed by atoms with van der Waals surface area (Å²) in [7, 11) is 1.67. The fourth-order valence-electron chi connectivity index (χ4n) is 3.23. The van der Waals surface area contributed by atoms with Crippen LogP contribution in [0.25, 0.3) is 11.4 Å². The highest BCUT2D eigenvalue weighted by Gasteiger charge is 2.16. The van der Waals surface area contributed by atoms with Crippen molar-refractivity contribution in [1.82, 2.24) is 9.97 Å². The van der Waals surface area contributed by atoms with E-state index in [0.29, 0.717) is 19.0 Å². The van der Waals surface area contributed by atoms with Crippen LogP contribution >= 0.6 is 0 Å². The monoisotopic (exact) mass is 376 g/mol. The van der Waals surface area contributed by atoms with Gasteiger partial charge in [0.25, 0.3) is 0 Å². The molecular formula is C22H24N4O2. The standard InChI is InChI=1S/C22H24N4O2/c1-16-8-9-19(27-2)18(14-16)23-20-15-21(26-10-12-28-13-11-26)25-22(24-20)17-6-4-3-5-7-17/h3-9,14-15H,10-13H2,1-2H3,(H,23,24,25). The van der Waals surface area contributed by atoms with Crippen molar-refractivity contribution < 1.29 is 9.47 Å². The number of hydrogen-bond acceptors (Lipinski definition) is 6. The molecule has 1 aliphatic heterocycles. The fraction of sp³-hybridized carbons (Fsp3) is 0.273. The normalized spacial score (nSPS) is 14.0. The number of ether oxygens (including phenoxy) is 2. The number of methoxy groups -OCH3 is 1. The van der Waals surface area contributed by atoms with Crippen LogP contribution in [0, 0.1) is 6.92 Å². The number of morpholine rings is 1. The smallest absolute Gasteiger partial charge is 0.163 e. The van der Waals surface area contributed by atoms with Crippen molar-refractivity contribution in [3.05, 3.63) is 60.2 Å². The Morgan fingerprint density at radius 2 is 1.79 bits per heavy atom. The van der Waals surface area contributed by atoms with Crippen LogP contribution in [-0.4, -0.2) is 43.4 Å². The molecule has 1 N–H and O–H groups in total. The molecule has 1 aliphatic rings. The summed E-state index contributed by atoms with van der Waals surface area (Å²) in [5.41, 5.74) is 3.01. The number of aromatic nitrogens is 2. The molecule has 0 unspecified atom stereocenters. The second-order valence-electron chi connectivity index (χ2n) is 6.73. The van der Waals surface area contributed by atoms with Gasteiger partial charge in [0.15, 0.2) is 5.82 Å². The summed E-state index contributed by atoms with van der Waals surface area (Å²) in [5.74, 6) is 3.10. The summed E-state index contributed by atoms with van der Waals surface area (Å²) in [6, 6.07) is 18.1. The van der Waals surface area contributed by atoms with Crippen LogP contribution in [0.4, 0.5) is 17.3 Å². The Bertz CT molecular complexity index is 941. The predicted octanol–water partition coefficient (Wildman–Crippen LogP) is 4.04. The Morgan fingerprint density at radius 1 is 1.00 bits per heavy atom. The number of aryl methyl sites for hydroxylation is 1. The first-order chi connectivity index (χ1) is 13.7. The van der Waals surface area contributed by atoms with E-state index in [2.05, 4.69) is 23.2 Å². The lowest BCUT2D eigenvalue weighted by Gasteiger charge is -2.28. The van der Waals surface area contributed by atoms with Crippen LogP contribution in [0.15, 0.2) is 54.6 Å². The lowest BCUT2D eigenvalue weighted by atomic mass is 10.2. The third-order valence-corrected chi connectivity index (χ3v) is 4.70. The molecular weight excluding hydrogens is 352 g/mol. The van der Waals surface area contributed by atoms with Gasteiger partial charge in [-0.05, 0) is 24.6 Å². The zero-order chi connectivity index (χ0) is 19.3. The van der Waals surface area contributed by atoms with Crippen LogP contribution < -0.4 is 15.0 Å². The van der Waals surface area contributed by atoms with Gasteiger partial charge < -0.3 is 19.7 Å². The second-order valence-corrected chi connectivity index (χ2v) is 6.73. The maximum Gasteiger partial charge on any atom is 0.163 e. The van der Waals surface area contributed by atoms with E-state index in [1.807, 2.05) is 48.5 Å². The largest absolute Gasteiger partial charge is 0.495 e. The molecule has 1 saturated heterocycles. The van der Waals surface area contributed by atoms with Crippen LogP contribution in [0.5, 0.6) is 5.75 Å². The predicted molar refractivity (Wildman–Crippen MR) is 112 cm³/mol. The third-order valence-electron chi connectivity index (χ3n) is 4.70. The highest BCUT2D eigenvalue weighted by Crippen LogP contribution is 2.30. The number of nitrogens with one attached hydrogen (secondary N) is 1. The zero-order valence-electron chi connectivity index (χ0n) is 16.2. The first kappa shape index (κ1) is 18.3. The van der Waals surface area contributed by atoms with Crippen LogP contribution in [0.3, 0.4) is 0 Å². The Hall–Kier alpha value is -3.12. The summed E-state index contributed by atoms with van der Waals surface area (Å²) in [4.78, 5) is 11.8. The van der Waals surface area contributed by atoms with E-state index < -0.39 is 0 Å². The molecule has 0 saturated carbocycles. The Balaban J connectivity index is 1.74.